The molecule has 0 amide bonds. The molecule has 0 spiro atoms. The van der Waals surface area contributed by atoms with Gasteiger partial charge in [-0.15, -0.1) is 0 Å². The molecule has 2 atom stereocenters. The summed E-state index contributed by atoms with van der Waals surface area (Å²) >= 11 is 0. The quantitative estimate of drug-likeness (QED) is 0.761. The molecule has 0 bridgehead atoms. The van der Waals surface area contributed by atoms with Crippen molar-refractivity contribution in [2.45, 2.75) is 51.4 Å². The van der Waals surface area contributed by atoms with Gasteiger partial charge in [-0.1, -0.05) is 12.8 Å². The van der Waals surface area contributed by atoms with E-state index in [1.165, 1.54) is 6.42 Å². The number of rotatable bonds is 2. The Hall–Kier alpha value is -0.860. The average Bonchev–Trinajstić information content (AvgIpc) is 2.17. The third kappa shape index (κ3) is 2.06. The van der Waals surface area contributed by atoms with Crippen molar-refractivity contribution in [3.63, 3.8) is 0 Å². The van der Waals surface area contributed by atoms with Crippen LogP contribution >= 0.6 is 0 Å². The molecule has 0 aromatic carbocycles. The fourth-order valence-corrected chi connectivity index (χ4v) is 3.41. The molecule has 3 nitrogen and oxygen atoms in total. The molecular formula is C12H18O3. The second kappa shape index (κ2) is 3.95. The zero-order valence-corrected chi connectivity index (χ0v) is 9.00. The Bertz CT molecular complexity index is 285. The summed E-state index contributed by atoms with van der Waals surface area (Å²) in [6.45, 7) is 0. The molecule has 0 aliphatic heterocycles. The first-order valence-electron chi connectivity index (χ1n) is 5.86. The first-order chi connectivity index (χ1) is 7.12. The van der Waals surface area contributed by atoms with Gasteiger partial charge in [0.15, 0.2) is 0 Å². The minimum atomic E-state index is -0.698. The number of fused-ring (bicyclic) bond motifs is 1. The standard InChI is InChI=1S/C12H18O3/c13-10-4-6-12(8-11(14)15)5-2-1-3-9(12)7-10/h9H,1-8H2,(H,14,15)/t9-,12+/m1/s1. The van der Waals surface area contributed by atoms with Gasteiger partial charge in [-0.2, -0.15) is 0 Å². The lowest BCUT2D eigenvalue weighted by Gasteiger charge is -2.46. The highest BCUT2D eigenvalue weighted by Crippen LogP contribution is 2.51. The zero-order valence-electron chi connectivity index (χ0n) is 9.00. The fourth-order valence-electron chi connectivity index (χ4n) is 3.41. The van der Waals surface area contributed by atoms with E-state index in [1.54, 1.807) is 0 Å². The molecular weight excluding hydrogens is 192 g/mol. The Labute approximate surface area is 89.9 Å². The van der Waals surface area contributed by atoms with Crippen LogP contribution in [0.15, 0.2) is 0 Å². The third-order valence-corrected chi connectivity index (χ3v) is 4.22. The number of aliphatic carboxylic acids is 1. The first-order valence-corrected chi connectivity index (χ1v) is 5.86. The van der Waals surface area contributed by atoms with Crippen molar-refractivity contribution in [1.82, 2.24) is 0 Å². The molecule has 2 aliphatic rings. The summed E-state index contributed by atoms with van der Waals surface area (Å²) in [4.78, 5) is 22.3. The molecule has 0 saturated heterocycles. The van der Waals surface area contributed by atoms with Crippen LogP contribution in [0.5, 0.6) is 0 Å². The van der Waals surface area contributed by atoms with Crippen molar-refractivity contribution in [3.05, 3.63) is 0 Å². The highest BCUT2D eigenvalue weighted by Gasteiger charge is 2.45. The predicted octanol–water partition coefficient (Wildman–Crippen LogP) is 2.39. The molecule has 2 aliphatic carbocycles. The molecule has 0 aromatic heterocycles. The van der Waals surface area contributed by atoms with Gasteiger partial charge in [0.1, 0.15) is 5.78 Å². The van der Waals surface area contributed by atoms with Gasteiger partial charge in [0.2, 0.25) is 0 Å². The molecule has 2 fully saturated rings. The second-order valence-corrected chi connectivity index (χ2v) is 5.12. The molecule has 0 heterocycles. The molecule has 1 N–H and O–H groups in total. The number of carboxylic acid groups (broad SMARTS) is 1. The Morgan fingerprint density at radius 3 is 2.93 bits per heavy atom. The van der Waals surface area contributed by atoms with Crippen molar-refractivity contribution in [2.24, 2.45) is 11.3 Å². The van der Waals surface area contributed by atoms with Crippen molar-refractivity contribution >= 4 is 11.8 Å². The van der Waals surface area contributed by atoms with Crippen LogP contribution in [0.25, 0.3) is 0 Å². The van der Waals surface area contributed by atoms with Gasteiger partial charge in [0.25, 0.3) is 0 Å². The molecule has 84 valence electrons. The smallest absolute Gasteiger partial charge is 0.303 e. The summed E-state index contributed by atoms with van der Waals surface area (Å²) in [6, 6.07) is 0. The Kier molecular flexibility index (Phi) is 2.81. The SMILES string of the molecule is O=C(O)C[C@@]12CCCC[C@@H]1CC(=O)CC2. The number of Topliss-reactive ketones (excluding diaryl/α,β-unsaturated/α-hetero) is 1. The highest BCUT2D eigenvalue weighted by atomic mass is 16.4. The van der Waals surface area contributed by atoms with E-state index in [9.17, 15) is 9.59 Å². The molecule has 3 heteroatoms. The van der Waals surface area contributed by atoms with Crippen LogP contribution in [0.1, 0.15) is 51.4 Å². The largest absolute Gasteiger partial charge is 0.481 e. The maximum atomic E-state index is 11.4. The van der Waals surface area contributed by atoms with Gasteiger partial charge in [0, 0.05) is 12.8 Å². The lowest BCUT2D eigenvalue weighted by Crippen LogP contribution is -2.40. The van der Waals surface area contributed by atoms with Crippen molar-refractivity contribution < 1.29 is 14.7 Å². The Balaban J connectivity index is 2.16. The van der Waals surface area contributed by atoms with Crippen LogP contribution in [0, 0.1) is 11.3 Å². The van der Waals surface area contributed by atoms with Gasteiger partial charge in [-0.3, -0.25) is 9.59 Å². The van der Waals surface area contributed by atoms with E-state index in [0.717, 1.165) is 25.7 Å². The van der Waals surface area contributed by atoms with Crippen LogP contribution in [0.3, 0.4) is 0 Å². The first kappa shape index (κ1) is 10.7. The lowest BCUT2D eigenvalue weighted by atomic mass is 9.58. The number of hydrogen-bond donors (Lipinski definition) is 1. The van der Waals surface area contributed by atoms with E-state index in [-0.39, 0.29) is 11.8 Å². The van der Waals surface area contributed by atoms with Crippen LogP contribution in [0.4, 0.5) is 0 Å². The predicted molar refractivity (Wildman–Crippen MR) is 55.5 cm³/mol. The zero-order chi connectivity index (χ0) is 10.9. The molecule has 2 saturated carbocycles. The molecule has 0 radical (unpaired) electrons. The molecule has 15 heavy (non-hydrogen) atoms. The highest BCUT2D eigenvalue weighted by molar-refractivity contribution is 5.80. The van der Waals surface area contributed by atoms with Crippen LogP contribution in [0.2, 0.25) is 0 Å². The van der Waals surface area contributed by atoms with Gasteiger partial charge in [-0.25, -0.2) is 0 Å². The van der Waals surface area contributed by atoms with Gasteiger partial charge >= 0.3 is 5.97 Å². The number of hydrogen-bond acceptors (Lipinski definition) is 2. The van der Waals surface area contributed by atoms with E-state index in [2.05, 4.69) is 0 Å². The summed E-state index contributed by atoms with van der Waals surface area (Å²) in [5.41, 5.74) is -0.0437. The minimum absolute atomic E-state index is 0.0437. The third-order valence-electron chi connectivity index (χ3n) is 4.22. The lowest BCUT2D eigenvalue weighted by molar-refractivity contribution is -0.145. The van der Waals surface area contributed by atoms with E-state index in [0.29, 0.717) is 24.5 Å². The summed E-state index contributed by atoms with van der Waals surface area (Å²) < 4.78 is 0. The second-order valence-electron chi connectivity index (χ2n) is 5.12. The normalized spacial score (nSPS) is 36.0. The summed E-state index contributed by atoms with van der Waals surface area (Å²) in [5.74, 6) is -0.0113. The number of carbonyl (C=O) groups is 2. The van der Waals surface area contributed by atoms with Crippen LogP contribution in [-0.2, 0) is 9.59 Å². The summed E-state index contributed by atoms with van der Waals surface area (Å²) in [6.07, 6.45) is 6.68. The van der Waals surface area contributed by atoms with E-state index < -0.39 is 5.97 Å². The number of carboxylic acids is 1. The van der Waals surface area contributed by atoms with Crippen molar-refractivity contribution in [2.75, 3.05) is 0 Å². The van der Waals surface area contributed by atoms with E-state index in [4.69, 9.17) is 5.11 Å². The van der Waals surface area contributed by atoms with Crippen molar-refractivity contribution in [3.8, 4) is 0 Å². The minimum Gasteiger partial charge on any atom is -0.481 e. The number of carbonyl (C=O) groups excluding carboxylic acids is 1. The summed E-state index contributed by atoms with van der Waals surface area (Å²) in [7, 11) is 0. The van der Waals surface area contributed by atoms with Crippen LogP contribution in [-0.4, -0.2) is 16.9 Å². The molecule has 0 aromatic rings. The fraction of sp³-hybridized carbons (Fsp3) is 0.833. The Morgan fingerprint density at radius 2 is 2.20 bits per heavy atom. The Morgan fingerprint density at radius 1 is 1.40 bits per heavy atom. The maximum absolute atomic E-state index is 11.4. The van der Waals surface area contributed by atoms with Crippen LogP contribution < -0.4 is 0 Å². The van der Waals surface area contributed by atoms with Crippen molar-refractivity contribution in [1.29, 1.82) is 0 Å². The van der Waals surface area contributed by atoms with Gasteiger partial charge in [0.05, 0.1) is 6.42 Å². The van der Waals surface area contributed by atoms with E-state index >= 15 is 0 Å². The number of ketones is 1. The molecule has 0 unspecified atom stereocenters. The van der Waals surface area contributed by atoms with Gasteiger partial charge < -0.3 is 5.11 Å². The molecule has 2 rings (SSSR count). The average molecular weight is 210 g/mol. The topological polar surface area (TPSA) is 54.4 Å². The van der Waals surface area contributed by atoms with Gasteiger partial charge in [-0.05, 0) is 30.6 Å². The maximum Gasteiger partial charge on any atom is 0.303 e. The monoisotopic (exact) mass is 210 g/mol. The summed E-state index contributed by atoms with van der Waals surface area (Å²) in [5, 5.41) is 8.98. The van der Waals surface area contributed by atoms with E-state index in [1.807, 2.05) is 0 Å².